The number of carbonyl (C=O) groups is 1. The normalized spacial score (nSPS) is 16.8. The Kier molecular flexibility index (Phi) is 8.14. The molecule has 3 rings (SSSR count). The SMILES string of the molecule is COc1ccc(CC(=O)N(C)C2CCCN(CCCc3ccccc3)C2)cc1OC. The molecule has 162 valence electrons. The van der Waals surface area contributed by atoms with Crippen molar-refractivity contribution < 1.29 is 14.3 Å². The van der Waals surface area contributed by atoms with E-state index in [9.17, 15) is 4.79 Å². The predicted molar refractivity (Wildman–Crippen MR) is 120 cm³/mol. The van der Waals surface area contributed by atoms with Gasteiger partial charge in [0.25, 0.3) is 0 Å². The first-order valence-corrected chi connectivity index (χ1v) is 10.8. The van der Waals surface area contributed by atoms with Crippen molar-refractivity contribution in [1.82, 2.24) is 9.80 Å². The van der Waals surface area contributed by atoms with E-state index in [1.165, 1.54) is 5.56 Å². The molecule has 1 atom stereocenters. The van der Waals surface area contributed by atoms with E-state index in [2.05, 4.69) is 35.2 Å². The number of hydrogen-bond donors (Lipinski definition) is 0. The molecule has 0 bridgehead atoms. The van der Waals surface area contributed by atoms with Crippen molar-refractivity contribution in [1.29, 1.82) is 0 Å². The van der Waals surface area contributed by atoms with Gasteiger partial charge in [0.1, 0.15) is 0 Å². The Hall–Kier alpha value is -2.53. The van der Waals surface area contributed by atoms with Crippen LogP contribution in [0.3, 0.4) is 0 Å². The summed E-state index contributed by atoms with van der Waals surface area (Å²) in [5.74, 6) is 1.49. The minimum absolute atomic E-state index is 0.151. The van der Waals surface area contributed by atoms with Crippen LogP contribution in [-0.4, -0.2) is 62.7 Å². The van der Waals surface area contributed by atoms with Gasteiger partial charge in [-0.15, -0.1) is 0 Å². The molecule has 1 aliphatic rings. The molecule has 1 heterocycles. The average Bonchev–Trinajstić information content (AvgIpc) is 2.79. The number of rotatable bonds is 9. The minimum atomic E-state index is 0.151. The smallest absolute Gasteiger partial charge is 0.227 e. The first-order valence-electron chi connectivity index (χ1n) is 10.8. The van der Waals surface area contributed by atoms with E-state index >= 15 is 0 Å². The summed E-state index contributed by atoms with van der Waals surface area (Å²) in [5.41, 5.74) is 2.34. The van der Waals surface area contributed by atoms with Crippen LogP contribution < -0.4 is 9.47 Å². The van der Waals surface area contributed by atoms with Gasteiger partial charge in [-0.25, -0.2) is 0 Å². The van der Waals surface area contributed by atoms with Gasteiger partial charge in [0.05, 0.1) is 20.6 Å². The van der Waals surface area contributed by atoms with Gasteiger partial charge in [-0.3, -0.25) is 4.79 Å². The van der Waals surface area contributed by atoms with Gasteiger partial charge in [-0.05, 0) is 62.0 Å². The highest BCUT2D eigenvalue weighted by Gasteiger charge is 2.26. The molecule has 1 unspecified atom stereocenters. The van der Waals surface area contributed by atoms with E-state index in [4.69, 9.17) is 9.47 Å². The van der Waals surface area contributed by atoms with Crippen molar-refractivity contribution in [2.45, 2.75) is 38.1 Å². The van der Waals surface area contributed by atoms with Crippen LogP contribution in [0.2, 0.25) is 0 Å². The molecule has 1 amide bonds. The van der Waals surface area contributed by atoms with Crippen molar-refractivity contribution in [2.24, 2.45) is 0 Å². The fourth-order valence-electron chi connectivity index (χ4n) is 4.20. The van der Waals surface area contributed by atoms with E-state index in [0.717, 1.165) is 50.9 Å². The van der Waals surface area contributed by atoms with Gasteiger partial charge in [0.2, 0.25) is 5.91 Å². The van der Waals surface area contributed by atoms with E-state index < -0.39 is 0 Å². The molecule has 5 heteroatoms. The van der Waals surface area contributed by atoms with Crippen LogP contribution >= 0.6 is 0 Å². The van der Waals surface area contributed by atoms with Crippen LogP contribution in [0.5, 0.6) is 11.5 Å². The third-order valence-corrected chi connectivity index (χ3v) is 6.01. The molecule has 1 fully saturated rings. The summed E-state index contributed by atoms with van der Waals surface area (Å²) in [5, 5.41) is 0. The Morgan fingerprint density at radius 2 is 1.83 bits per heavy atom. The van der Waals surface area contributed by atoms with Crippen LogP contribution in [0.1, 0.15) is 30.4 Å². The largest absolute Gasteiger partial charge is 0.493 e. The van der Waals surface area contributed by atoms with Crippen LogP contribution in [0, 0.1) is 0 Å². The molecule has 2 aromatic rings. The number of piperidine rings is 1. The second-order valence-electron chi connectivity index (χ2n) is 8.06. The third-order valence-electron chi connectivity index (χ3n) is 6.01. The van der Waals surface area contributed by atoms with Crippen molar-refractivity contribution in [2.75, 3.05) is 40.9 Å². The molecule has 0 N–H and O–H groups in total. The van der Waals surface area contributed by atoms with Gasteiger partial charge >= 0.3 is 0 Å². The quantitative estimate of drug-likeness (QED) is 0.631. The van der Waals surface area contributed by atoms with Crippen molar-refractivity contribution >= 4 is 5.91 Å². The Morgan fingerprint density at radius 1 is 1.07 bits per heavy atom. The molecule has 5 nitrogen and oxygen atoms in total. The number of likely N-dealkylation sites (N-methyl/N-ethyl adjacent to an activating group) is 1. The van der Waals surface area contributed by atoms with E-state index in [1.54, 1.807) is 14.2 Å². The predicted octanol–water partition coefficient (Wildman–Crippen LogP) is 3.80. The molecule has 30 heavy (non-hydrogen) atoms. The van der Waals surface area contributed by atoms with E-state index in [0.29, 0.717) is 17.9 Å². The monoisotopic (exact) mass is 410 g/mol. The molecule has 0 spiro atoms. The van der Waals surface area contributed by atoms with E-state index in [1.807, 2.05) is 30.1 Å². The lowest BCUT2D eigenvalue weighted by molar-refractivity contribution is -0.132. The molecular formula is C25H34N2O3. The molecule has 0 radical (unpaired) electrons. The lowest BCUT2D eigenvalue weighted by atomic mass is 10.0. The highest BCUT2D eigenvalue weighted by atomic mass is 16.5. The lowest BCUT2D eigenvalue weighted by Gasteiger charge is -2.37. The molecule has 0 aromatic heterocycles. The molecule has 1 saturated heterocycles. The maximum Gasteiger partial charge on any atom is 0.227 e. The standard InChI is InChI=1S/C25H34N2O3/c1-26(25(28)18-21-13-14-23(29-2)24(17-21)30-3)22-12-8-16-27(19-22)15-7-11-20-9-5-4-6-10-20/h4-6,9-10,13-14,17,22H,7-8,11-12,15-16,18-19H2,1-3H3. The summed E-state index contributed by atoms with van der Waals surface area (Å²) in [6.07, 6.45) is 4.85. The topological polar surface area (TPSA) is 42.0 Å². The number of carbonyl (C=O) groups excluding carboxylic acids is 1. The second-order valence-corrected chi connectivity index (χ2v) is 8.06. The highest BCUT2D eigenvalue weighted by Crippen LogP contribution is 2.28. The van der Waals surface area contributed by atoms with Gasteiger partial charge < -0.3 is 19.3 Å². The molecule has 0 saturated carbocycles. The van der Waals surface area contributed by atoms with Crippen molar-refractivity contribution in [3.63, 3.8) is 0 Å². The number of nitrogens with zero attached hydrogens (tertiary/aromatic N) is 2. The molecule has 2 aromatic carbocycles. The number of methoxy groups -OCH3 is 2. The van der Waals surface area contributed by atoms with Crippen LogP contribution in [0.15, 0.2) is 48.5 Å². The second kappa shape index (κ2) is 11.0. The summed E-state index contributed by atoms with van der Waals surface area (Å²) < 4.78 is 10.6. The zero-order valence-corrected chi connectivity index (χ0v) is 18.5. The lowest BCUT2D eigenvalue weighted by Crippen LogP contribution is -2.49. The van der Waals surface area contributed by atoms with Crippen LogP contribution in [0.25, 0.3) is 0 Å². The Morgan fingerprint density at radius 3 is 2.57 bits per heavy atom. The minimum Gasteiger partial charge on any atom is -0.493 e. The Labute approximate surface area is 180 Å². The summed E-state index contributed by atoms with van der Waals surface area (Å²) in [6.45, 7) is 3.18. The number of benzene rings is 2. The number of aryl methyl sites for hydroxylation is 1. The number of hydrogen-bond acceptors (Lipinski definition) is 4. The number of likely N-dealkylation sites (tertiary alicyclic amines) is 1. The maximum atomic E-state index is 12.9. The summed E-state index contributed by atoms with van der Waals surface area (Å²) in [4.78, 5) is 17.4. The maximum absolute atomic E-state index is 12.9. The highest BCUT2D eigenvalue weighted by molar-refractivity contribution is 5.79. The summed E-state index contributed by atoms with van der Waals surface area (Å²) in [7, 11) is 5.18. The van der Waals surface area contributed by atoms with Gasteiger partial charge in [-0.2, -0.15) is 0 Å². The van der Waals surface area contributed by atoms with Crippen molar-refractivity contribution in [3.8, 4) is 11.5 Å². The van der Waals surface area contributed by atoms with Crippen LogP contribution in [-0.2, 0) is 17.6 Å². The van der Waals surface area contributed by atoms with E-state index in [-0.39, 0.29) is 11.9 Å². The Balaban J connectivity index is 1.50. The van der Waals surface area contributed by atoms with Crippen LogP contribution in [0.4, 0.5) is 0 Å². The molecular weight excluding hydrogens is 376 g/mol. The van der Waals surface area contributed by atoms with Gasteiger partial charge in [0.15, 0.2) is 11.5 Å². The number of ether oxygens (including phenoxy) is 2. The molecule has 0 aliphatic carbocycles. The van der Waals surface area contributed by atoms with Crippen molar-refractivity contribution in [3.05, 3.63) is 59.7 Å². The average molecular weight is 411 g/mol. The fourth-order valence-corrected chi connectivity index (χ4v) is 4.20. The zero-order chi connectivity index (χ0) is 21.3. The number of amides is 1. The molecule has 1 aliphatic heterocycles. The first-order chi connectivity index (χ1) is 14.6. The third kappa shape index (κ3) is 5.99. The first kappa shape index (κ1) is 22.2. The Bertz CT molecular complexity index is 809. The summed E-state index contributed by atoms with van der Waals surface area (Å²) >= 11 is 0. The zero-order valence-electron chi connectivity index (χ0n) is 18.5. The van der Waals surface area contributed by atoms with Gasteiger partial charge in [0, 0.05) is 19.6 Å². The van der Waals surface area contributed by atoms with Gasteiger partial charge in [-0.1, -0.05) is 36.4 Å². The summed E-state index contributed by atoms with van der Waals surface area (Å²) in [6, 6.07) is 16.6. The fraction of sp³-hybridized carbons (Fsp3) is 0.480.